The number of fused-ring (bicyclic) bond motifs is 1. The molecule has 6 nitrogen and oxygen atoms in total. The summed E-state index contributed by atoms with van der Waals surface area (Å²) in [6.07, 6.45) is 3.54. The summed E-state index contributed by atoms with van der Waals surface area (Å²) in [6.45, 7) is 8.20. The topological polar surface area (TPSA) is 73.8 Å². The van der Waals surface area contributed by atoms with Crippen LogP contribution < -0.4 is 0 Å². The first kappa shape index (κ1) is 19.4. The minimum atomic E-state index is -0.387. The Labute approximate surface area is 174 Å². The Morgan fingerprint density at radius 2 is 1.90 bits per heavy atom. The van der Waals surface area contributed by atoms with Crippen molar-refractivity contribution in [1.29, 1.82) is 5.41 Å². The lowest BCUT2D eigenvalue weighted by molar-refractivity contribution is -0.114. The zero-order chi connectivity index (χ0) is 20.7. The normalized spacial score (nSPS) is 17.7. The van der Waals surface area contributed by atoms with E-state index in [2.05, 4.69) is 52.8 Å². The van der Waals surface area contributed by atoms with E-state index >= 15 is 0 Å². The first-order valence-corrected chi connectivity index (χ1v) is 10.5. The maximum Gasteiger partial charge on any atom is 0.283 e. The fraction of sp³-hybridized carbons (Fsp3) is 0.273. The lowest BCUT2D eigenvalue weighted by atomic mass is 10.1. The number of hydrogen-bond donors (Lipinski definition) is 1. The smallest absolute Gasteiger partial charge is 0.283 e. The van der Waals surface area contributed by atoms with E-state index < -0.39 is 0 Å². The molecular formula is C22H23N5OS. The Morgan fingerprint density at radius 1 is 1.17 bits per heavy atom. The van der Waals surface area contributed by atoms with Crippen molar-refractivity contribution in [2.75, 3.05) is 0 Å². The monoisotopic (exact) mass is 405 g/mol. The van der Waals surface area contributed by atoms with E-state index in [0.29, 0.717) is 5.17 Å². The Kier molecular flexibility index (Phi) is 5.00. The van der Waals surface area contributed by atoms with Gasteiger partial charge in [-0.3, -0.25) is 10.2 Å². The summed E-state index contributed by atoms with van der Waals surface area (Å²) < 4.78 is 2.15. The highest BCUT2D eigenvalue weighted by Gasteiger charge is 2.35. The number of benzene rings is 1. The van der Waals surface area contributed by atoms with Crippen LogP contribution in [0.2, 0.25) is 0 Å². The van der Waals surface area contributed by atoms with Crippen LogP contribution in [0.4, 0.5) is 0 Å². The van der Waals surface area contributed by atoms with E-state index in [0.717, 1.165) is 40.5 Å². The minimum absolute atomic E-state index is 0.0822. The molecule has 0 bridgehead atoms. The van der Waals surface area contributed by atoms with Gasteiger partial charge in [-0.05, 0) is 75.2 Å². The molecule has 0 atom stereocenters. The molecule has 0 fully saturated rings. The standard InChI is InChI=1S/C22H23N5OS/c1-5-6-19-25-27-20(23)18(21(28)24-22(27)29-19)12-16-11-14(3)26(15(16)4)17-9-7-13(2)8-10-17/h7-12,23H,5-6H2,1-4H3. The number of nitrogens with zero attached hydrogens (tertiary/aromatic N) is 4. The van der Waals surface area contributed by atoms with Gasteiger partial charge in [0.05, 0.1) is 5.57 Å². The van der Waals surface area contributed by atoms with Crippen LogP contribution >= 0.6 is 11.8 Å². The SMILES string of the molecule is CCCC1=NN2C(=N)C(=Cc3cc(C)n(-c4ccc(C)cc4)c3C)C(=O)N=C2S1. The van der Waals surface area contributed by atoms with Gasteiger partial charge >= 0.3 is 0 Å². The number of hydrazone groups is 1. The minimum Gasteiger partial charge on any atom is -0.318 e. The molecule has 0 spiro atoms. The summed E-state index contributed by atoms with van der Waals surface area (Å²) in [7, 11) is 0. The number of hydrogen-bond acceptors (Lipinski definition) is 4. The molecule has 0 aliphatic carbocycles. The van der Waals surface area contributed by atoms with Gasteiger partial charge in [0.1, 0.15) is 5.04 Å². The highest BCUT2D eigenvalue weighted by Crippen LogP contribution is 2.31. The predicted octanol–water partition coefficient (Wildman–Crippen LogP) is 4.82. The molecule has 2 aliphatic rings. The van der Waals surface area contributed by atoms with Gasteiger partial charge in [-0.1, -0.05) is 24.6 Å². The Bertz CT molecular complexity index is 1100. The molecular weight excluding hydrogens is 382 g/mol. The van der Waals surface area contributed by atoms with Gasteiger partial charge in [-0.25, -0.2) is 0 Å². The van der Waals surface area contributed by atoms with Crippen LogP contribution in [0.25, 0.3) is 11.8 Å². The second kappa shape index (κ2) is 7.48. The number of nitrogens with one attached hydrogen (secondary N) is 1. The van der Waals surface area contributed by atoms with Gasteiger partial charge in [-0.15, -0.1) is 0 Å². The first-order chi connectivity index (χ1) is 13.9. The quantitative estimate of drug-likeness (QED) is 0.741. The molecule has 148 valence electrons. The van der Waals surface area contributed by atoms with E-state index in [4.69, 9.17) is 5.41 Å². The van der Waals surface area contributed by atoms with Gasteiger partial charge < -0.3 is 4.57 Å². The summed E-state index contributed by atoms with van der Waals surface area (Å²) in [6, 6.07) is 10.4. The third-order valence-electron chi connectivity index (χ3n) is 5.02. The maximum absolute atomic E-state index is 12.6. The van der Waals surface area contributed by atoms with Crippen LogP contribution in [-0.4, -0.2) is 31.5 Å². The molecule has 3 heterocycles. The summed E-state index contributed by atoms with van der Waals surface area (Å²) >= 11 is 1.38. The van der Waals surface area contributed by atoms with Crippen molar-refractivity contribution in [3.63, 3.8) is 0 Å². The summed E-state index contributed by atoms with van der Waals surface area (Å²) in [5.74, 6) is -0.305. The third-order valence-corrected chi connectivity index (χ3v) is 5.99. The second-order valence-corrected chi connectivity index (χ2v) is 8.30. The summed E-state index contributed by atoms with van der Waals surface area (Å²) in [5, 5.41) is 15.8. The molecule has 1 aromatic heterocycles. The van der Waals surface area contributed by atoms with Gasteiger partial charge in [-0.2, -0.15) is 15.1 Å². The zero-order valence-electron chi connectivity index (χ0n) is 17.0. The summed E-state index contributed by atoms with van der Waals surface area (Å²) in [4.78, 5) is 16.8. The number of thioether (sulfide) groups is 1. The first-order valence-electron chi connectivity index (χ1n) is 9.64. The predicted molar refractivity (Wildman–Crippen MR) is 120 cm³/mol. The molecule has 29 heavy (non-hydrogen) atoms. The van der Waals surface area contributed by atoms with Gasteiger partial charge in [0.25, 0.3) is 5.91 Å². The van der Waals surface area contributed by atoms with Gasteiger partial charge in [0.2, 0.25) is 5.17 Å². The molecule has 2 aromatic rings. The molecule has 2 aliphatic heterocycles. The number of rotatable bonds is 4. The number of carbonyl (C=O) groups excluding carboxylic acids is 1. The highest BCUT2D eigenvalue weighted by atomic mass is 32.2. The Balaban J connectivity index is 1.72. The summed E-state index contributed by atoms with van der Waals surface area (Å²) in [5.41, 5.74) is 5.53. The number of aliphatic imine (C=N–C) groups is 1. The lowest BCUT2D eigenvalue weighted by Crippen LogP contribution is -2.35. The Hall–Kier alpha value is -2.93. The zero-order valence-corrected chi connectivity index (χ0v) is 17.8. The van der Waals surface area contributed by atoms with E-state index in [1.54, 1.807) is 6.08 Å². The van der Waals surface area contributed by atoms with E-state index in [1.807, 2.05) is 19.9 Å². The largest absolute Gasteiger partial charge is 0.318 e. The van der Waals surface area contributed by atoms with Crippen molar-refractivity contribution in [2.24, 2.45) is 10.1 Å². The third kappa shape index (κ3) is 3.46. The van der Waals surface area contributed by atoms with Crippen molar-refractivity contribution >= 4 is 39.8 Å². The van der Waals surface area contributed by atoms with Crippen molar-refractivity contribution in [3.05, 3.63) is 58.4 Å². The van der Waals surface area contributed by atoms with Crippen molar-refractivity contribution in [3.8, 4) is 5.69 Å². The average Bonchev–Trinajstić information content (AvgIpc) is 3.20. The van der Waals surface area contributed by atoms with Gasteiger partial charge in [0.15, 0.2) is 5.84 Å². The molecule has 1 N–H and O–H groups in total. The van der Waals surface area contributed by atoms with Crippen molar-refractivity contribution < 1.29 is 4.79 Å². The molecule has 0 saturated heterocycles. The molecule has 0 unspecified atom stereocenters. The lowest BCUT2D eigenvalue weighted by Gasteiger charge is -2.20. The fourth-order valence-corrected chi connectivity index (χ4v) is 4.51. The average molecular weight is 406 g/mol. The van der Waals surface area contributed by atoms with Crippen LogP contribution in [0.15, 0.2) is 46.0 Å². The number of amidine groups is 2. The fourth-order valence-electron chi connectivity index (χ4n) is 3.53. The van der Waals surface area contributed by atoms with E-state index in [1.165, 1.54) is 22.3 Å². The number of aromatic nitrogens is 1. The molecule has 4 rings (SSSR count). The van der Waals surface area contributed by atoms with Gasteiger partial charge in [0, 0.05) is 17.1 Å². The van der Waals surface area contributed by atoms with Crippen LogP contribution in [-0.2, 0) is 4.79 Å². The Morgan fingerprint density at radius 3 is 2.59 bits per heavy atom. The molecule has 7 heteroatoms. The van der Waals surface area contributed by atoms with E-state index in [-0.39, 0.29) is 17.3 Å². The molecule has 0 saturated carbocycles. The van der Waals surface area contributed by atoms with Crippen LogP contribution in [0.5, 0.6) is 0 Å². The maximum atomic E-state index is 12.6. The second-order valence-electron chi connectivity index (χ2n) is 7.26. The van der Waals surface area contributed by atoms with Crippen LogP contribution in [0, 0.1) is 26.2 Å². The van der Waals surface area contributed by atoms with Crippen molar-refractivity contribution in [2.45, 2.75) is 40.5 Å². The number of aryl methyl sites for hydroxylation is 2. The number of amides is 1. The highest BCUT2D eigenvalue weighted by molar-refractivity contribution is 8.26. The van der Waals surface area contributed by atoms with Crippen LogP contribution in [0.1, 0.15) is 42.3 Å². The van der Waals surface area contributed by atoms with E-state index in [9.17, 15) is 4.79 Å². The number of carbonyl (C=O) groups is 1. The van der Waals surface area contributed by atoms with Crippen LogP contribution in [0.3, 0.4) is 0 Å². The molecule has 1 amide bonds. The molecule has 1 aromatic carbocycles. The van der Waals surface area contributed by atoms with Crippen molar-refractivity contribution in [1.82, 2.24) is 9.58 Å². The molecule has 0 radical (unpaired) electrons.